The number of nitrogens with zero attached hydrogens (tertiary/aromatic N) is 1. The second-order valence-electron chi connectivity index (χ2n) is 8.76. The van der Waals surface area contributed by atoms with Crippen molar-refractivity contribution in [2.45, 2.75) is 69.9 Å². The van der Waals surface area contributed by atoms with Gasteiger partial charge in [-0.3, -0.25) is 14.3 Å². The van der Waals surface area contributed by atoms with Gasteiger partial charge in [0, 0.05) is 11.8 Å². The van der Waals surface area contributed by atoms with Gasteiger partial charge in [0.1, 0.15) is 12.2 Å². The van der Waals surface area contributed by atoms with Gasteiger partial charge < -0.3 is 19.0 Å². The molecular weight excluding hydrogens is 372 g/mol. The predicted molar refractivity (Wildman–Crippen MR) is 98.4 cm³/mol. The maximum absolute atomic E-state index is 12.3. The first-order valence-corrected chi connectivity index (χ1v) is 11.7. The second kappa shape index (κ2) is 6.13. The summed E-state index contributed by atoms with van der Waals surface area (Å²) < 4.78 is 19.1. The van der Waals surface area contributed by atoms with Crippen LogP contribution in [0.5, 0.6) is 0 Å². The lowest BCUT2D eigenvalue weighted by atomic mass is 10.00. The molecule has 1 aromatic rings. The average Bonchev–Trinajstić information content (AvgIpc) is 3.03. The Morgan fingerprint density at radius 2 is 2.04 bits per heavy atom. The third kappa shape index (κ3) is 3.00. The summed E-state index contributed by atoms with van der Waals surface area (Å²) in [6, 6.07) is 0. The van der Waals surface area contributed by atoms with Crippen LogP contribution in [0.3, 0.4) is 0 Å². The fourth-order valence-corrected chi connectivity index (χ4v) is 4.46. The van der Waals surface area contributed by atoms with Crippen molar-refractivity contribution in [1.82, 2.24) is 9.55 Å². The molecular formula is C17H26N2O7Si. The van der Waals surface area contributed by atoms with E-state index in [0.29, 0.717) is 5.56 Å². The minimum absolute atomic E-state index is 0.143. The fraction of sp³-hybridized carbons (Fsp3) is 0.706. The molecule has 27 heavy (non-hydrogen) atoms. The van der Waals surface area contributed by atoms with Gasteiger partial charge in [-0.15, -0.1) is 0 Å². The Bertz CT molecular complexity index is 884. The minimum Gasteiger partial charge on any atom is -0.479 e. The third-order valence-corrected chi connectivity index (χ3v) is 10.3. The molecule has 0 saturated carbocycles. The van der Waals surface area contributed by atoms with Gasteiger partial charge in [-0.1, -0.05) is 20.8 Å². The van der Waals surface area contributed by atoms with Gasteiger partial charge in [-0.2, -0.15) is 0 Å². The van der Waals surface area contributed by atoms with E-state index in [1.807, 2.05) is 13.1 Å². The van der Waals surface area contributed by atoms with Gasteiger partial charge in [0.15, 0.2) is 14.5 Å². The maximum atomic E-state index is 12.3. The molecule has 150 valence electrons. The van der Waals surface area contributed by atoms with E-state index in [4.69, 9.17) is 13.9 Å². The summed E-state index contributed by atoms with van der Waals surface area (Å²) in [5, 5.41) is 9.74. The van der Waals surface area contributed by atoms with Crippen LogP contribution in [-0.4, -0.2) is 53.4 Å². The van der Waals surface area contributed by atoms with E-state index in [0.717, 1.165) is 0 Å². The van der Waals surface area contributed by atoms with Crippen molar-refractivity contribution in [3.05, 3.63) is 32.6 Å². The number of hydrogen-bond acceptors (Lipinski definition) is 6. The molecule has 0 radical (unpaired) electrons. The summed E-state index contributed by atoms with van der Waals surface area (Å²) in [6.07, 6.45) is -1.25. The number of carboxylic acid groups (broad SMARTS) is 1. The molecule has 3 heterocycles. The number of aryl methyl sites for hydroxylation is 1. The lowest BCUT2D eigenvalue weighted by molar-refractivity contribution is -0.199. The van der Waals surface area contributed by atoms with E-state index in [1.54, 1.807) is 6.92 Å². The molecule has 10 heteroatoms. The van der Waals surface area contributed by atoms with Gasteiger partial charge in [-0.05, 0) is 25.1 Å². The largest absolute Gasteiger partial charge is 0.479 e. The Kier molecular flexibility index (Phi) is 4.54. The number of nitrogens with one attached hydrogen (secondary N) is 1. The van der Waals surface area contributed by atoms with Crippen molar-refractivity contribution in [3.8, 4) is 0 Å². The van der Waals surface area contributed by atoms with Crippen LogP contribution in [0.25, 0.3) is 0 Å². The molecule has 3 rings (SSSR count). The van der Waals surface area contributed by atoms with Crippen LogP contribution in [0.2, 0.25) is 18.1 Å². The number of hydrogen-bond donors (Lipinski definition) is 2. The molecule has 2 aliphatic rings. The van der Waals surface area contributed by atoms with Gasteiger partial charge >= 0.3 is 11.7 Å². The minimum atomic E-state index is -2.34. The third-order valence-electron chi connectivity index (χ3n) is 5.87. The van der Waals surface area contributed by atoms with Crippen LogP contribution in [0.1, 0.15) is 32.6 Å². The summed E-state index contributed by atoms with van der Waals surface area (Å²) in [5.74, 6) is -1.19. The molecule has 0 aromatic carbocycles. The van der Waals surface area contributed by atoms with Gasteiger partial charge in [0.05, 0.1) is 6.61 Å². The number of aromatic nitrogens is 2. The Morgan fingerprint density at radius 3 is 2.59 bits per heavy atom. The molecule has 0 aliphatic carbocycles. The quantitative estimate of drug-likeness (QED) is 0.726. The fourth-order valence-electron chi connectivity index (χ4n) is 3.15. The van der Waals surface area contributed by atoms with Crippen molar-refractivity contribution in [2.75, 3.05) is 6.61 Å². The Hall–Kier alpha value is -1.75. The topological polar surface area (TPSA) is 120 Å². The molecule has 2 unspecified atom stereocenters. The molecule has 0 spiro atoms. The van der Waals surface area contributed by atoms with Gasteiger partial charge in [0.2, 0.25) is 5.60 Å². The van der Waals surface area contributed by atoms with Crippen LogP contribution in [0.4, 0.5) is 0 Å². The van der Waals surface area contributed by atoms with E-state index >= 15 is 0 Å². The zero-order valence-corrected chi connectivity index (χ0v) is 17.4. The lowest BCUT2D eigenvalue weighted by Gasteiger charge is -2.39. The van der Waals surface area contributed by atoms with Crippen LogP contribution in [0.15, 0.2) is 15.8 Å². The summed E-state index contributed by atoms with van der Waals surface area (Å²) in [4.78, 5) is 38.2. The smallest absolute Gasteiger partial charge is 0.341 e. The first-order chi connectivity index (χ1) is 12.3. The van der Waals surface area contributed by atoms with Crippen molar-refractivity contribution < 1.29 is 23.8 Å². The van der Waals surface area contributed by atoms with Gasteiger partial charge in [-0.25, -0.2) is 9.59 Å². The highest BCUT2D eigenvalue weighted by Gasteiger charge is 2.68. The number of H-pyrrole nitrogens is 1. The number of fused-ring (bicyclic) bond motifs is 2. The highest BCUT2D eigenvalue weighted by atomic mass is 28.4. The number of rotatable bonds is 4. The molecule has 9 nitrogen and oxygen atoms in total. The van der Waals surface area contributed by atoms with E-state index in [-0.39, 0.29) is 11.6 Å². The highest BCUT2D eigenvalue weighted by Crippen LogP contribution is 2.49. The van der Waals surface area contributed by atoms with Crippen molar-refractivity contribution >= 4 is 14.3 Å². The summed E-state index contributed by atoms with van der Waals surface area (Å²) in [7, 11) is -2.34. The first-order valence-electron chi connectivity index (χ1n) is 8.83. The first kappa shape index (κ1) is 20.0. The SMILES string of the molecule is Cc1cn([C@@H]2O[C@@]3(C(=O)O)COC2C3O[Si](C)(C)C(C)(C)C)c(=O)[nH]c1=O. The number of aromatic amines is 1. The summed E-state index contributed by atoms with van der Waals surface area (Å²) in [5.41, 5.74) is -2.55. The molecule has 2 N–H and O–H groups in total. The monoisotopic (exact) mass is 398 g/mol. The predicted octanol–water partition coefficient (Wildman–Crippen LogP) is 0.986. The highest BCUT2D eigenvalue weighted by molar-refractivity contribution is 6.74. The summed E-state index contributed by atoms with van der Waals surface area (Å²) >= 11 is 0. The molecule has 1 aromatic heterocycles. The maximum Gasteiger partial charge on any atom is 0.341 e. The molecule has 2 bridgehead atoms. The van der Waals surface area contributed by atoms with Gasteiger partial charge in [0.25, 0.3) is 5.56 Å². The molecule has 4 atom stereocenters. The molecule has 2 aliphatic heterocycles. The normalized spacial score (nSPS) is 30.7. The Balaban J connectivity index is 2.04. The number of carbonyl (C=O) groups is 1. The zero-order chi connectivity index (χ0) is 20.4. The van der Waals surface area contributed by atoms with E-state index in [2.05, 4.69) is 25.8 Å². The second-order valence-corrected chi connectivity index (χ2v) is 13.5. The molecule has 0 amide bonds. The van der Waals surface area contributed by atoms with Crippen LogP contribution < -0.4 is 11.2 Å². The van der Waals surface area contributed by atoms with Crippen molar-refractivity contribution in [3.63, 3.8) is 0 Å². The number of aliphatic carboxylic acids is 1. The van der Waals surface area contributed by atoms with Crippen LogP contribution in [0, 0.1) is 6.92 Å². The van der Waals surface area contributed by atoms with Crippen molar-refractivity contribution in [2.24, 2.45) is 0 Å². The van der Waals surface area contributed by atoms with E-state index < -0.39 is 49.6 Å². The van der Waals surface area contributed by atoms with Crippen LogP contribution >= 0.6 is 0 Å². The standard InChI is InChI=1S/C17H26N2O7Si/c1-9-7-19(15(23)18-12(9)20)13-10-11(26-27(5,6)16(2,3)4)17(25-13,8-24-10)14(21)22/h7,10-11,13H,8H2,1-6H3,(H,21,22)(H,18,20,23)/t10?,11?,13-,17+/m1/s1. The number of carboxylic acids is 1. The van der Waals surface area contributed by atoms with E-state index in [1.165, 1.54) is 10.8 Å². The summed E-state index contributed by atoms with van der Waals surface area (Å²) in [6.45, 7) is 11.6. The van der Waals surface area contributed by atoms with Crippen molar-refractivity contribution in [1.29, 1.82) is 0 Å². The zero-order valence-electron chi connectivity index (χ0n) is 16.4. The van der Waals surface area contributed by atoms with E-state index in [9.17, 15) is 19.5 Å². The molecule has 2 fully saturated rings. The Morgan fingerprint density at radius 1 is 1.41 bits per heavy atom. The number of ether oxygens (including phenoxy) is 2. The van der Waals surface area contributed by atoms with Crippen LogP contribution in [-0.2, 0) is 18.7 Å². The lowest BCUT2D eigenvalue weighted by Crippen LogP contribution is -2.54. The average molecular weight is 398 g/mol. The molecule has 2 saturated heterocycles. The Labute approximate surface area is 157 Å².